The fourth-order valence-corrected chi connectivity index (χ4v) is 4.28. The van der Waals surface area contributed by atoms with E-state index in [4.69, 9.17) is 14.2 Å². The molecule has 8 heteroatoms. The number of benzene rings is 2. The Hall–Kier alpha value is -3.52. The zero-order valence-corrected chi connectivity index (χ0v) is 23.6. The number of carbonyl (C=O) groups excluding carboxylic acids is 1. The number of hydrogen-bond donors (Lipinski definition) is 2. The van der Waals surface area contributed by atoms with Crippen LogP contribution in [-0.2, 0) is 0 Å². The van der Waals surface area contributed by atoms with E-state index in [1.165, 1.54) is 25.7 Å². The second kappa shape index (κ2) is 14.4. The fraction of sp³-hybridized carbons (Fsp3) is 0.467. The summed E-state index contributed by atoms with van der Waals surface area (Å²) in [6.07, 6.45) is 6.42. The third-order valence-corrected chi connectivity index (χ3v) is 6.57. The van der Waals surface area contributed by atoms with Crippen LogP contribution in [-0.4, -0.2) is 56.3 Å². The van der Waals surface area contributed by atoms with E-state index < -0.39 is 0 Å². The Bertz CT molecular complexity index is 1210. The summed E-state index contributed by atoms with van der Waals surface area (Å²) in [5, 5.41) is 6.81. The molecule has 3 rings (SSSR count). The van der Waals surface area contributed by atoms with Gasteiger partial charge in [0.25, 0.3) is 0 Å². The van der Waals surface area contributed by atoms with E-state index in [-0.39, 0.29) is 6.03 Å². The topological polar surface area (TPSA) is 85.0 Å². The minimum absolute atomic E-state index is 0.201. The predicted molar refractivity (Wildman–Crippen MR) is 154 cm³/mol. The van der Waals surface area contributed by atoms with Crippen molar-refractivity contribution in [1.82, 2.24) is 15.2 Å². The molecule has 0 saturated carbocycles. The first-order valence-corrected chi connectivity index (χ1v) is 13.5. The number of fused-ring (bicyclic) bond motifs is 1. The first-order valence-electron chi connectivity index (χ1n) is 13.5. The highest BCUT2D eigenvalue weighted by Gasteiger charge is 2.14. The number of nitrogens with one attached hydrogen (secondary N) is 2. The van der Waals surface area contributed by atoms with E-state index in [2.05, 4.69) is 34.4 Å². The zero-order chi connectivity index (χ0) is 27.5. The molecule has 0 radical (unpaired) electrons. The number of methoxy groups -OCH3 is 2. The number of aryl methyl sites for hydroxylation is 2. The summed E-state index contributed by atoms with van der Waals surface area (Å²) in [4.78, 5) is 19.5. The van der Waals surface area contributed by atoms with E-state index in [1.807, 2.05) is 44.2 Å². The summed E-state index contributed by atoms with van der Waals surface area (Å²) in [6, 6.07) is 9.20. The van der Waals surface area contributed by atoms with Crippen molar-refractivity contribution >= 4 is 22.6 Å². The van der Waals surface area contributed by atoms with Gasteiger partial charge in [-0.1, -0.05) is 26.7 Å². The summed E-state index contributed by atoms with van der Waals surface area (Å²) in [5.41, 5.74) is 3.31. The number of carbonyl (C=O) groups is 1. The van der Waals surface area contributed by atoms with E-state index in [1.54, 1.807) is 20.4 Å². The lowest BCUT2D eigenvalue weighted by molar-refractivity contribution is 0.242. The van der Waals surface area contributed by atoms with Gasteiger partial charge in [-0.25, -0.2) is 4.79 Å². The van der Waals surface area contributed by atoms with E-state index >= 15 is 0 Å². The normalized spacial score (nSPS) is 11.0. The number of aromatic nitrogens is 1. The predicted octanol–water partition coefficient (Wildman–Crippen LogP) is 6.68. The summed E-state index contributed by atoms with van der Waals surface area (Å²) >= 11 is 0. The second-order valence-electron chi connectivity index (χ2n) is 9.50. The van der Waals surface area contributed by atoms with Crippen LogP contribution >= 0.6 is 0 Å². The van der Waals surface area contributed by atoms with E-state index in [0.29, 0.717) is 29.5 Å². The summed E-state index contributed by atoms with van der Waals surface area (Å²) in [5.74, 6) is 2.58. The number of anilines is 1. The number of hydrogen-bond acceptors (Lipinski definition) is 6. The Labute approximate surface area is 226 Å². The van der Waals surface area contributed by atoms with E-state index in [0.717, 1.165) is 47.4 Å². The van der Waals surface area contributed by atoms with Gasteiger partial charge in [-0.15, -0.1) is 0 Å². The molecule has 0 saturated heterocycles. The number of amides is 2. The van der Waals surface area contributed by atoms with Crippen LogP contribution in [0.1, 0.15) is 50.7 Å². The molecule has 2 aromatic carbocycles. The van der Waals surface area contributed by atoms with Crippen molar-refractivity contribution < 1.29 is 19.0 Å². The van der Waals surface area contributed by atoms with Crippen LogP contribution < -0.4 is 24.8 Å². The number of urea groups is 1. The number of pyridine rings is 1. The third kappa shape index (κ3) is 7.74. The lowest BCUT2D eigenvalue weighted by Gasteiger charge is -2.22. The number of nitrogens with zero attached hydrogens (tertiary/aromatic N) is 2. The van der Waals surface area contributed by atoms with Crippen LogP contribution in [0.2, 0.25) is 0 Å². The van der Waals surface area contributed by atoms with Crippen molar-refractivity contribution in [2.45, 2.75) is 53.4 Å². The van der Waals surface area contributed by atoms with Crippen molar-refractivity contribution in [3.05, 3.63) is 47.7 Å². The number of unbranched alkanes of at least 4 members (excludes halogenated alkanes) is 2. The SMILES string of the molecule is CCCCN(CCCC)CCNC(=O)Nc1cc(C)c(Oc2ccnc3cc(OC)c(OC)cc23)cc1C. The molecule has 0 aliphatic carbocycles. The maximum Gasteiger partial charge on any atom is 0.319 e. The Morgan fingerprint density at radius 3 is 2.21 bits per heavy atom. The van der Waals surface area contributed by atoms with Crippen LogP contribution in [0, 0.1) is 13.8 Å². The standard InChI is InChI=1S/C30H42N4O4/c1-7-9-14-34(15-10-8-2)16-13-32-30(35)33-24-17-22(4)27(18-21(24)3)38-26-11-12-31-25-20-29(37-6)28(36-5)19-23(25)26/h11-12,17-20H,7-10,13-16H2,1-6H3,(H2,32,33,35). The van der Waals surface area contributed by atoms with Gasteiger partial charge in [0.1, 0.15) is 11.5 Å². The highest BCUT2D eigenvalue weighted by Crippen LogP contribution is 2.38. The molecule has 38 heavy (non-hydrogen) atoms. The Kier molecular flexibility index (Phi) is 11.0. The quantitative estimate of drug-likeness (QED) is 0.246. The van der Waals surface area contributed by atoms with Crippen LogP contribution in [0.3, 0.4) is 0 Å². The number of ether oxygens (including phenoxy) is 3. The van der Waals surface area contributed by atoms with E-state index in [9.17, 15) is 4.79 Å². The molecule has 0 spiro atoms. The Balaban J connectivity index is 1.67. The van der Waals surface area contributed by atoms with Gasteiger partial charge in [0.2, 0.25) is 0 Å². The van der Waals surface area contributed by atoms with Crippen LogP contribution in [0.25, 0.3) is 10.9 Å². The molecule has 1 aromatic heterocycles. The molecular weight excluding hydrogens is 480 g/mol. The van der Waals surface area contributed by atoms with Crippen molar-refractivity contribution in [3.63, 3.8) is 0 Å². The molecule has 8 nitrogen and oxygen atoms in total. The van der Waals surface area contributed by atoms with Crippen molar-refractivity contribution in [1.29, 1.82) is 0 Å². The van der Waals surface area contributed by atoms with Crippen LogP contribution in [0.15, 0.2) is 36.5 Å². The Morgan fingerprint density at radius 2 is 1.55 bits per heavy atom. The highest BCUT2D eigenvalue weighted by molar-refractivity contribution is 5.91. The van der Waals surface area contributed by atoms with Gasteiger partial charge < -0.3 is 29.7 Å². The second-order valence-corrected chi connectivity index (χ2v) is 9.50. The lowest BCUT2D eigenvalue weighted by Crippen LogP contribution is -2.38. The Morgan fingerprint density at radius 1 is 0.868 bits per heavy atom. The minimum Gasteiger partial charge on any atom is -0.493 e. The molecule has 0 atom stereocenters. The lowest BCUT2D eigenvalue weighted by atomic mass is 10.1. The van der Waals surface area contributed by atoms with Crippen molar-refractivity contribution in [2.75, 3.05) is 45.7 Å². The molecule has 206 valence electrons. The molecule has 3 aromatic rings. The maximum absolute atomic E-state index is 12.6. The summed E-state index contributed by atoms with van der Waals surface area (Å²) < 4.78 is 17.2. The van der Waals surface area contributed by atoms with Gasteiger partial charge in [-0.2, -0.15) is 0 Å². The van der Waals surface area contributed by atoms with Crippen molar-refractivity contribution in [3.8, 4) is 23.0 Å². The third-order valence-electron chi connectivity index (χ3n) is 6.57. The zero-order valence-electron chi connectivity index (χ0n) is 23.6. The average molecular weight is 523 g/mol. The summed E-state index contributed by atoms with van der Waals surface area (Å²) in [6.45, 7) is 12.0. The molecule has 0 aliphatic rings. The van der Waals surface area contributed by atoms with Gasteiger partial charge >= 0.3 is 6.03 Å². The largest absolute Gasteiger partial charge is 0.493 e. The average Bonchev–Trinajstić information content (AvgIpc) is 2.91. The molecule has 0 fully saturated rings. The highest BCUT2D eigenvalue weighted by atomic mass is 16.5. The molecule has 0 bridgehead atoms. The van der Waals surface area contributed by atoms with Gasteiger partial charge in [0.05, 0.1) is 19.7 Å². The molecule has 0 unspecified atom stereocenters. The van der Waals surface area contributed by atoms with Gasteiger partial charge in [0, 0.05) is 36.4 Å². The summed E-state index contributed by atoms with van der Waals surface area (Å²) in [7, 11) is 3.20. The molecule has 0 aliphatic heterocycles. The number of rotatable bonds is 14. The minimum atomic E-state index is -0.201. The van der Waals surface area contributed by atoms with Gasteiger partial charge in [-0.05, 0) is 75.2 Å². The first kappa shape index (κ1) is 29.0. The van der Waals surface area contributed by atoms with Crippen molar-refractivity contribution in [2.24, 2.45) is 0 Å². The van der Waals surface area contributed by atoms with Gasteiger partial charge in [-0.3, -0.25) is 4.98 Å². The first-order chi connectivity index (χ1) is 18.4. The maximum atomic E-state index is 12.6. The fourth-order valence-electron chi connectivity index (χ4n) is 4.28. The molecule has 2 amide bonds. The smallest absolute Gasteiger partial charge is 0.319 e. The molecular formula is C30H42N4O4. The monoisotopic (exact) mass is 522 g/mol. The molecule has 2 N–H and O–H groups in total. The molecule has 1 heterocycles. The van der Waals surface area contributed by atoms with Crippen LogP contribution in [0.4, 0.5) is 10.5 Å². The van der Waals surface area contributed by atoms with Crippen LogP contribution in [0.5, 0.6) is 23.0 Å². The van der Waals surface area contributed by atoms with Gasteiger partial charge in [0.15, 0.2) is 11.5 Å².